The Morgan fingerprint density at radius 1 is 1.11 bits per heavy atom. The number of anilines is 1. The van der Waals surface area contributed by atoms with Gasteiger partial charge < -0.3 is 20.1 Å². The van der Waals surface area contributed by atoms with E-state index < -0.39 is 0 Å². The first-order valence-corrected chi connectivity index (χ1v) is 16.3. The number of benzene rings is 2. The summed E-state index contributed by atoms with van der Waals surface area (Å²) >= 11 is 9.04. The molecule has 2 aromatic carbocycles. The molecule has 1 fully saturated rings. The van der Waals surface area contributed by atoms with Gasteiger partial charge in [0, 0.05) is 46.9 Å². The van der Waals surface area contributed by atoms with Gasteiger partial charge in [0.1, 0.15) is 40.9 Å². The number of carbonyl (C=O) groups excluding carboxylic acids is 1. The maximum Gasteiger partial charge on any atom is 0.307 e. The van der Waals surface area contributed by atoms with Gasteiger partial charge >= 0.3 is 5.97 Å². The Morgan fingerprint density at radius 3 is 2.52 bits per heavy atom. The van der Waals surface area contributed by atoms with Crippen LogP contribution in [0.3, 0.4) is 0 Å². The van der Waals surface area contributed by atoms with Gasteiger partial charge in [-0.05, 0) is 42.7 Å². The van der Waals surface area contributed by atoms with E-state index in [-0.39, 0.29) is 32.1 Å². The Bertz CT molecular complexity index is 1690. The number of thiazole rings is 1. The average Bonchev–Trinajstić information content (AvgIpc) is 3.75. The number of thioether (sulfide) groups is 1. The zero-order valence-corrected chi connectivity index (χ0v) is 26.2. The topological polar surface area (TPSA) is 119 Å². The molecule has 12 heteroatoms. The van der Waals surface area contributed by atoms with E-state index in [4.69, 9.17) is 43.3 Å². The molecule has 0 amide bonds. The Hall–Kier alpha value is -4.13. The number of nitriles is 1. The zero-order valence-electron chi connectivity index (χ0n) is 23.8. The number of rotatable bonds is 12. The summed E-state index contributed by atoms with van der Waals surface area (Å²) in [7, 11) is 0. The number of hydrogen-bond donors (Lipinski definition) is 1. The van der Waals surface area contributed by atoms with Gasteiger partial charge in [-0.1, -0.05) is 47.6 Å². The molecule has 44 heavy (non-hydrogen) atoms. The number of carbonyl (C=O) groups is 1. The van der Waals surface area contributed by atoms with Crippen LogP contribution in [-0.2, 0) is 15.3 Å². The molecular formula is C32H29ClN6O3S2. The Kier molecular flexibility index (Phi) is 10.7. The van der Waals surface area contributed by atoms with Gasteiger partial charge in [-0.15, -0.1) is 11.3 Å². The number of aromatic nitrogens is 2. The summed E-state index contributed by atoms with van der Waals surface area (Å²) in [6, 6.07) is 17.1. The van der Waals surface area contributed by atoms with Crippen LogP contribution in [0.25, 0.3) is 26.5 Å². The number of halogens is 1. The van der Waals surface area contributed by atoms with Crippen molar-refractivity contribution in [3.8, 4) is 33.5 Å². The van der Waals surface area contributed by atoms with Crippen LogP contribution in [-0.4, -0.2) is 48.8 Å². The molecule has 2 aromatic heterocycles. The first-order chi connectivity index (χ1) is 21.5. The number of esters is 1. The Labute approximate surface area is 269 Å². The highest BCUT2D eigenvalue weighted by molar-refractivity contribution is 7.98. The number of nitrogens with two attached hydrogens (primary N) is 1. The van der Waals surface area contributed by atoms with Crippen molar-refractivity contribution in [2.45, 2.75) is 30.0 Å². The quantitative estimate of drug-likeness (QED) is 0.0744. The van der Waals surface area contributed by atoms with E-state index in [1.807, 2.05) is 41.8 Å². The molecule has 2 N–H and O–H groups in total. The molecule has 0 saturated carbocycles. The number of hydrogen-bond acceptors (Lipinski definition) is 10. The molecule has 1 saturated heterocycles. The maximum absolute atomic E-state index is 11.5. The van der Waals surface area contributed by atoms with Crippen molar-refractivity contribution >= 4 is 52.2 Å². The lowest BCUT2D eigenvalue weighted by Crippen LogP contribution is -2.20. The minimum Gasteiger partial charge on any atom is -0.490 e. The molecule has 3 heterocycles. The standard InChI is InChI=1S/C32H29ClN6O3S2/c1-36-29-28(21-6-10-25(11-7-21)41-16-17-42-27(40)12-13-34)26(18-35)32(38-30(29)39-14-2-3-15-39)44-20-24-19-43-31(37-24)22-4-8-23(33)9-5-22/h4-11,19H,2-3,12-17,20,34H2. The monoisotopic (exact) mass is 644 g/mol. The van der Waals surface area contributed by atoms with Crippen LogP contribution in [0.2, 0.25) is 5.02 Å². The highest BCUT2D eigenvalue weighted by Gasteiger charge is 2.26. The minimum absolute atomic E-state index is 0.116. The minimum atomic E-state index is -0.362. The summed E-state index contributed by atoms with van der Waals surface area (Å²) < 4.78 is 10.8. The van der Waals surface area contributed by atoms with E-state index in [9.17, 15) is 10.1 Å². The molecule has 0 atom stereocenters. The molecule has 1 aliphatic rings. The summed E-state index contributed by atoms with van der Waals surface area (Å²) in [6.07, 6.45) is 2.22. The van der Waals surface area contributed by atoms with Gasteiger partial charge in [-0.3, -0.25) is 4.79 Å². The van der Waals surface area contributed by atoms with Crippen LogP contribution in [0.5, 0.6) is 5.75 Å². The predicted molar refractivity (Wildman–Crippen MR) is 174 cm³/mol. The number of nitrogens with zero attached hydrogens (tertiary/aromatic N) is 5. The second kappa shape index (κ2) is 15.0. The van der Waals surface area contributed by atoms with Crippen molar-refractivity contribution in [3.05, 3.63) is 81.6 Å². The van der Waals surface area contributed by atoms with Crippen molar-refractivity contribution < 1.29 is 14.3 Å². The van der Waals surface area contributed by atoms with Gasteiger partial charge in [0.25, 0.3) is 0 Å². The Morgan fingerprint density at radius 2 is 1.84 bits per heavy atom. The van der Waals surface area contributed by atoms with Crippen molar-refractivity contribution in [1.82, 2.24) is 9.97 Å². The second-order valence-corrected chi connectivity index (χ2v) is 12.1. The fourth-order valence-corrected chi connectivity index (χ4v) is 6.68. The van der Waals surface area contributed by atoms with Crippen molar-refractivity contribution in [2.24, 2.45) is 5.73 Å². The first kappa shape index (κ1) is 31.3. The van der Waals surface area contributed by atoms with Crippen LogP contribution in [0.4, 0.5) is 11.5 Å². The van der Waals surface area contributed by atoms with Crippen molar-refractivity contribution in [2.75, 3.05) is 37.7 Å². The summed E-state index contributed by atoms with van der Waals surface area (Å²) in [5, 5.41) is 14.5. The summed E-state index contributed by atoms with van der Waals surface area (Å²) in [5.74, 6) is 1.34. The highest BCUT2D eigenvalue weighted by atomic mass is 35.5. The van der Waals surface area contributed by atoms with Crippen LogP contribution in [0, 0.1) is 17.9 Å². The highest BCUT2D eigenvalue weighted by Crippen LogP contribution is 2.45. The lowest BCUT2D eigenvalue weighted by molar-refractivity contribution is -0.144. The van der Waals surface area contributed by atoms with Crippen LogP contribution >= 0.6 is 34.7 Å². The fraction of sp³-hybridized carbons (Fsp3) is 0.281. The molecular weight excluding hydrogens is 616 g/mol. The van der Waals surface area contributed by atoms with E-state index >= 15 is 0 Å². The third-order valence-corrected chi connectivity index (χ3v) is 9.06. The zero-order chi connectivity index (χ0) is 30.9. The van der Waals surface area contributed by atoms with Gasteiger partial charge in [-0.25, -0.2) is 14.8 Å². The second-order valence-electron chi connectivity index (χ2n) is 9.83. The van der Waals surface area contributed by atoms with E-state index in [1.165, 1.54) is 11.8 Å². The fourth-order valence-electron chi connectivity index (χ4n) is 4.75. The number of ether oxygens (including phenoxy) is 2. The van der Waals surface area contributed by atoms with E-state index in [2.05, 4.69) is 15.8 Å². The molecule has 4 aromatic rings. The normalized spacial score (nSPS) is 12.5. The van der Waals surface area contributed by atoms with Crippen LogP contribution in [0.15, 0.2) is 58.9 Å². The molecule has 1 aliphatic heterocycles. The Balaban J connectivity index is 1.41. The van der Waals surface area contributed by atoms with Gasteiger partial charge in [-0.2, -0.15) is 5.26 Å². The summed E-state index contributed by atoms with van der Waals surface area (Å²) in [4.78, 5) is 27.2. The van der Waals surface area contributed by atoms with Gasteiger partial charge in [0.15, 0.2) is 0 Å². The number of pyridine rings is 1. The van der Waals surface area contributed by atoms with Crippen LogP contribution in [0.1, 0.15) is 30.5 Å². The lowest BCUT2D eigenvalue weighted by Gasteiger charge is -2.22. The lowest BCUT2D eigenvalue weighted by atomic mass is 9.99. The molecule has 0 bridgehead atoms. The maximum atomic E-state index is 11.5. The summed E-state index contributed by atoms with van der Waals surface area (Å²) in [6.45, 7) is 10.3. The molecule has 5 rings (SSSR count). The smallest absolute Gasteiger partial charge is 0.307 e. The van der Waals surface area contributed by atoms with Crippen LogP contribution < -0.4 is 15.4 Å². The third-order valence-electron chi connectivity index (χ3n) is 6.86. The SMILES string of the molecule is [C-]#[N+]c1c(N2CCCC2)nc(SCc2csc(-c3ccc(Cl)cc3)n2)c(C#N)c1-c1ccc(OCCOC(=O)CCN)cc1. The summed E-state index contributed by atoms with van der Waals surface area (Å²) in [5.41, 5.74) is 9.24. The first-order valence-electron chi connectivity index (χ1n) is 14.0. The molecule has 9 nitrogen and oxygen atoms in total. The largest absolute Gasteiger partial charge is 0.490 e. The van der Waals surface area contributed by atoms with Crippen molar-refractivity contribution in [3.63, 3.8) is 0 Å². The molecule has 0 unspecified atom stereocenters. The molecule has 0 radical (unpaired) electrons. The van der Waals surface area contributed by atoms with Gasteiger partial charge in [0.05, 0.1) is 24.3 Å². The van der Waals surface area contributed by atoms with Gasteiger partial charge in [0.2, 0.25) is 5.69 Å². The van der Waals surface area contributed by atoms with Crippen molar-refractivity contribution in [1.29, 1.82) is 5.26 Å². The van der Waals surface area contributed by atoms with E-state index in [1.54, 1.807) is 23.5 Å². The third kappa shape index (κ3) is 7.50. The predicted octanol–water partition coefficient (Wildman–Crippen LogP) is 7.11. The van der Waals surface area contributed by atoms with E-state index in [0.717, 1.165) is 47.8 Å². The molecule has 0 spiro atoms. The average molecular weight is 645 g/mol. The van der Waals surface area contributed by atoms with E-state index in [0.29, 0.717) is 44.2 Å². The molecule has 224 valence electrons. The molecule has 0 aliphatic carbocycles.